The molecule has 1 aromatic carbocycles. The lowest BCUT2D eigenvalue weighted by Gasteiger charge is -2.08. The molecule has 1 atom stereocenters. The van der Waals surface area contributed by atoms with E-state index in [2.05, 4.69) is 23.5 Å². The van der Waals surface area contributed by atoms with Crippen LogP contribution in [0.2, 0.25) is 5.02 Å². The molecule has 2 rings (SSSR count). The molecular weight excluding hydrogens is 206 g/mol. The summed E-state index contributed by atoms with van der Waals surface area (Å²) < 4.78 is 0. The topological polar surface area (TPSA) is 12.0 Å². The van der Waals surface area contributed by atoms with Gasteiger partial charge in [0.2, 0.25) is 0 Å². The number of rotatable bonds is 3. The van der Waals surface area contributed by atoms with E-state index in [0.29, 0.717) is 0 Å². The van der Waals surface area contributed by atoms with Crippen LogP contribution in [0.1, 0.15) is 24.0 Å². The second-order valence-corrected chi connectivity index (χ2v) is 4.89. The molecule has 1 aliphatic heterocycles. The SMILES string of the molecule is Cc1ccc(CCC2CCNC2)cc1Cl. The minimum atomic E-state index is 0.866. The molecule has 1 nitrogen and oxygen atoms in total. The van der Waals surface area contributed by atoms with Crippen LogP contribution < -0.4 is 5.32 Å². The number of nitrogens with one attached hydrogen (secondary N) is 1. The first-order chi connectivity index (χ1) is 7.25. The first-order valence-electron chi connectivity index (χ1n) is 5.71. The summed E-state index contributed by atoms with van der Waals surface area (Å²) in [6.45, 7) is 4.44. The molecule has 15 heavy (non-hydrogen) atoms. The number of hydrogen-bond donors (Lipinski definition) is 1. The minimum absolute atomic E-state index is 0.866. The molecular formula is C13H18ClN. The highest BCUT2D eigenvalue weighted by Crippen LogP contribution is 2.20. The molecule has 0 spiro atoms. The van der Waals surface area contributed by atoms with Gasteiger partial charge in [-0.15, -0.1) is 0 Å². The third kappa shape index (κ3) is 2.96. The highest BCUT2D eigenvalue weighted by atomic mass is 35.5. The Morgan fingerprint density at radius 3 is 3.00 bits per heavy atom. The molecule has 82 valence electrons. The van der Waals surface area contributed by atoms with Crippen molar-refractivity contribution in [1.82, 2.24) is 5.32 Å². The number of halogens is 1. The van der Waals surface area contributed by atoms with Crippen molar-refractivity contribution in [2.45, 2.75) is 26.2 Å². The molecule has 0 aromatic heterocycles. The van der Waals surface area contributed by atoms with Crippen LogP contribution in [-0.4, -0.2) is 13.1 Å². The van der Waals surface area contributed by atoms with Crippen LogP contribution in [-0.2, 0) is 6.42 Å². The fourth-order valence-corrected chi connectivity index (χ4v) is 2.33. The molecule has 1 saturated heterocycles. The molecule has 1 heterocycles. The van der Waals surface area contributed by atoms with Crippen LogP contribution >= 0.6 is 11.6 Å². The molecule has 2 heteroatoms. The Balaban J connectivity index is 1.90. The predicted molar refractivity (Wildman–Crippen MR) is 65.5 cm³/mol. The van der Waals surface area contributed by atoms with Gasteiger partial charge >= 0.3 is 0 Å². The first kappa shape index (κ1) is 11.0. The third-order valence-corrected chi connectivity index (χ3v) is 3.65. The Bertz CT molecular complexity index is 329. The van der Waals surface area contributed by atoms with Gasteiger partial charge in [-0.2, -0.15) is 0 Å². The summed E-state index contributed by atoms with van der Waals surface area (Å²) in [6.07, 6.45) is 3.78. The molecule has 0 radical (unpaired) electrons. The summed E-state index contributed by atoms with van der Waals surface area (Å²) in [4.78, 5) is 0. The van der Waals surface area contributed by atoms with E-state index in [9.17, 15) is 0 Å². The lowest BCUT2D eigenvalue weighted by Crippen LogP contribution is -2.09. The summed E-state index contributed by atoms with van der Waals surface area (Å²) in [6, 6.07) is 6.42. The molecule has 0 amide bonds. The lowest BCUT2D eigenvalue weighted by molar-refractivity contribution is 0.533. The molecule has 1 N–H and O–H groups in total. The van der Waals surface area contributed by atoms with E-state index in [1.807, 2.05) is 6.92 Å². The molecule has 0 saturated carbocycles. The van der Waals surface area contributed by atoms with Gasteiger partial charge in [0.25, 0.3) is 0 Å². The van der Waals surface area contributed by atoms with Gasteiger partial charge in [0.05, 0.1) is 0 Å². The van der Waals surface area contributed by atoms with Crippen molar-refractivity contribution in [3.63, 3.8) is 0 Å². The van der Waals surface area contributed by atoms with Gasteiger partial charge in [0.1, 0.15) is 0 Å². The van der Waals surface area contributed by atoms with Crippen LogP contribution in [0.5, 0.6) is 0 Å². The molecule has 0 bridgehead atoms. The lowest BCUT2D eigenvalue weighted by atomic mass is 9.98. The van der Waals surface area contributed by atoms with Gasteiger partial charge in [-0.3, -0.25) is 0 Å². The molecule has 1 fully saturated rings. The number of benzene rings is 1. The largest absolute Gasteiger partial charge is 0.316 e. The Morgan fingerprint density at radius 1 is 1.47 bits per heavy atom. The van der Waals surface area contributed by atoms with E-state index in [-0.39, 0.29) is 0 Å². The fraction of sp³-hybridized carbons (Fsp3) is 0.538. The standard InChI is InChI=1S/C13H18ClN/c1-10-2-3-11(8-13(10)14)4-5-12-6-7-15-9-12/h2-3,8,12,15H,4-7,9H2,1H3. The molecule has 1 aliphatic rings. The maximum atomic E-state index is 6.10. The molecule has 1 aromatic rings. The zero-order valence-electron chi connectivity index (χ0n) is 9.22. The maximum Gasteiger partial charge on any atom is 0.0437 e. The summed E-state index contributed by atoms with van der Waals surface area (Å²) in [5.74, 6) is 0.866. The van der Waals surface area contributed by atoms with Crippen molar-refractivity contribution in [3.05, 3.63) is 34.3 Å². The first-order valence-corrected chi connectivity index (χ1v) is 6.09. The van der Waals surface area contributed by atoms with Crippen molar-refractivity contribution in [1.29, 1.82) is 0 Å². The highest BCUT2D eigenvalue weighted by Gasteiger charge is 2.13. The van der Waals surface area contributed by atoms with E-state index in [4.69, 9.17) is 11.6 Å². The molecule has 1 unspecified atom stereocenters. The van der Waals surface area contributed by atoms with E-state index < -0.39 is 0 Å². The normalized spacial score (nSPS) is 20.8. The zero-order chi connectivity index (χ0) is 10.7. The quantitative estimate of drug-likeness (QED) is 0.830. The average Bonchev–Trinajstić information content (AvgIpc) is 2.73. The van der Waals surface area contributed by atoms with Crippen LogP contribution in [0.25, 0.3) is 0 Å². The number of aryl methyl sites for hydroxylation is 2. The maximum absolute atomic E-state index is 6.10. The summed E-state index contributed by atoms with van der Waals surface area (Å²) in [5.41, 5.74) is 2.54. The van der Waals surface area contributed by atoms with E-state index >= 15 is 0 Å². The Hall–Kier alpha value is -0.530. The van der Waals surface area contributed by atoms with Gasteiger partial charge in [-0.05, 0) is 62.4 Å². The Kier molecular flexibility index (Phi) is 3.66. The van der Waals surface area contributed by atoms with Crippen molar-refractivity contribution in [2.24, 2.45) is 5.92 Å². The van der Waals surface area contributed by atoms with Crippen molar-refractivity contribution >= 4 is 11.6 Å². The second kappa shape index (κ2) is 5.00. The summed E-state index contributed by atoms with van der Waals surface area (Å²) in [7, 11) is 0. The summed E-state index contributed by atoms with van der Waals surface area (Å²) >= 11 is 6.10. The zero-order valence-corrected chi connectivity index (χ0v) is 9.98. The van der Waals surface area contributed by atoms with Crippen LogP contribution in [0.4, 0.5) is 0 Å². The number of hydrogen-bond acceptors (Lipinski definition) is 1. The fourth-order valence-electron chi connectivity index (χ4n) is 2.12. The Morgan fingerprint density at radius 2 is 2.33 bits per heavy atom. The predicted octanol–water partition coefficient (Wildman–Crippen LogP) is 3.19. The van der Waals surface area contributed by atoms with E-state index in [0.717, 1.165) is 17.4 Å². The van der Waals surface area contributed by atoms with Gasteiger partial charge in [-0.25, -0.2) is 0 Å². The van der Waals surface area contributed by atoms with Crippen molar-refractivity contribution < 1.29 is 0 Å². The van der Waals surface area contributed by atoms with Crippen LogP contribution in [0.15, 0.2) is 18.2 Å². The van der Waals surface area contributed by atoms with Gasteiger partial charge < -0.3 is 5.32 Å². The monoisotopic (exact) mass is 223 g/mol. The van der Waals surface area contributed by atoms with Crippen molar-refractivity contribution in [2.75, 3.05) is 13.1 Å². The van der Waals surface area contributed by atoms with Crippen LogP contribution in [0, 0.1) is 12.8 Å². The van der Waals surface area contributed by atoms with Crippen LogP contribution in [0.3, 0.4) is 0 Å². The second-order valence-electron chi connectivity index (χ2n) is 4.48. The van der Waals surface area contributed by atoms with E-state index in [1.165, 1.54) is 37.1 Å². The smallest absolute Gasteiger partial charge is 0.0437 e. The van der Waals surface area contributed by atoms with E-state index in [1.54, 1.807) is 0 Å². The summed E-state index contributed by atoms with van der Waals surface area (Å²) in [5, 5.41) is 4.30. The van der Waals surface area contributed by atoms with Crippen molar-refractivity contribution in [3.8, 4) is 0 Å². The minimum Gasteiger partial charge on any atom is -0.316 e. The average molecular weight is 224 g/mol. The Labute approximate surface area is 96.8 Å². The third-order valence-electron chi connectivity index (χ3n) is 3.24. The van der Waals surface area contributed by atoms with Gasteiger partial charge in [0.15, 0.2) is 0 Å². The van der Waals surface area contributed by atoms with Gasteiger partial charge in [0, 0.05) is 5.02 Å². The molecule has 0 aliphatic carbocycles. The highest BCUT2D eigenvalue weighted by molar-refractivity contribution is 6.31. The van der Waals surface area contributed by atoms with Gasteiger partial charge in [-0.1, -0.05) is 23.7 Å².